The topological polar surface area (TPSA) is 79.0 Å². The molecule has 0 amide bonds. The summed E-state index contributed by atoms with van der Waals surface area (Å²) in [5.41, 5.74) is 0.256. The van der Waals surface area contributed by atoms with Crippen LogP contribution in [0, 0.1) is 6.92 Å². The van der Waals surface area contributed by atoms with E-state index in [1.165, 1.54) is 19.1 Å². The zero-order chi connectivity index (χ0) is 15.1. The maximum absolute atomic E-state index is 12.2. The summed E-state index contributed by atoms with van der Waals surface area (Å²) in [4.78, 5) is 13.1. The predicted molar refractivity (Wildman–Crippen MR) is 82.0 cm³/mol. The van der Waals surface area contributed by atoms with E-state index in [1.54, 1.807) is 0 Å². The third-order valence-electron chi connectivity index (χ3n) is 2.27. The van der Waals surface area contributed by atoms with Crippen molar-refractivity contribution in [3.05, 3.63) is 42.6 Å². The van der Waals surface area contributed by atoms with Crippen molar-refractivity contribution in [2.45, 2.75) is 11.1 Å². The van der Waals surface area contributed by atoms with Crippen LogP contribution < -0.4 is 9.60 Å². The van der Waals surface area contributed by atoms with Crippen molar-refractivity contribution in [2.24, 2.45) is 0 Å². The minimum atomic E-state index is -3.96. The van der Waals surface area contributed by atoms with E-state index >= 15 is 0 Å². The first kappa shape index (κ1) is 15.7. The van der Waals surface area contributed by atoms with Gasteiger partial charge in [-0.05, 0) is 19.1 Å². The molecule has 2 aromatic rings. The Morgan fingerprint density at radius 3 is 2.20 bits per heavy atom. The summed E-state index contributed by atoms with van der Waals surface area (Å²) in [6, 6.07) is 2.72. The first-order valence-corrected chi connectivity index (χ1v) is 8.51. The largest absolute Gasteiger partial charge is 0.315 e. The number of aromatic nitrogens is 1. The number of H-pyrrole nitrogens is 1. The van der Waals surface area contributed by atoms with Crippen LogP contribution in [0.4, 0.5) is 5.69 Å². The summed E-state index contributed by atoms with van der Waals surface area (Å²) >= 11 is 18.2. The summed E-state index contributed by atoms with van der Waals surface area (Å²) in [6.07, 6.45) is 0. The van der Waals surface area contributed by atoms with Crippen molar-refractivity contribution in [2.75, 3.05) is 4.72 Å². The van der Waals surface area contributed by atoms with E-state index in [-0.39, 0.29) is 30.7 Å². The highest BCUT2D eigenvalue weighted by molar-refractivity contribution is 7.94. The number of rotatable bonds is 3. The number of nitrogens with one attached hydrogen (secondary N) is 2. The van der Waals surface area contributed by atoms with Crippen molar-refractivity contribution in [1.82, 2.24) is 4.98 Å². The number of halogens is 3. The fourth-order valence-corrected chi connectivity index (χ4v) is 4.89. The molecule has 0 bridgehead atoms. The van der Waals surface area contributed by atoms with Crippen LogP contribution in [0.3, 0.4) is 0 Å². The highest BCUT2D eigenvalue weighted by atomic mass is 35.5. The molecule has 0 unspecified atom stereocenters. The fourth-order valence-electron chi connectivity index (χ4n) is 1.47. The smallest absolute Gasteiger partial charge is 0.306 e. The number of aromatic amines is 1. The molecule has 5 nitrogen and oxygen atoms in total. The van der Waals surface area contributed by atoms with E-state index in [4.69, 9.17) is 34.8 Å². The molecule has 20 heavy (non-hydrogen) atoms. The van der Waals surface area contributed by atoms with Crippen LogP contribution in [0.5, 0.6) is 0 Å². The summed E-state index contributed by atoms with van der Waals surface area (Å²) in [7, 11) is -3.96. The number of thiazole rings is 1. The molecule has 0 radical (unpaired) electrons. The maximum Gasteiger partial charge on any atom is 0.306 e. The van der Waals surface area contributed by atoms with Gasteiger partial charge >= 0.3 is 4.87 Å². The molecule has 10 heteroatoms. The number of benzene rings is 1. The van der Waals surface area contributed by atoms with Crippen molar-refractivity contribution in [1.29, 1.82) is 0 Å². The van der Waals surface area contributed by atoms with E-state index in [9.17, 15) is 13.2 Å². The normalized spacial score (nSPS) is 11.6. The second-order valence-corrected chi connectivity index (χ2v) is 7.89. The zero-order valence-electron chi connectivity index (χ0n) is 9.83. The van der Waals surface area contributed by atoms with Crippen LogP contribution in [0.2, 0.25) is 15.1 Å². The minimum Gasteiger partial charge on any atom is -0.315 e. The minimum absolute atomic E-state index is 0.0120. The van der Waals surface area contributed by atoms with Crippen LogP contribution in [-0.4, -0.2) is 13.4 Å². The number of hydrogen-bond acceptors (Lipinski definition) is 4. The molecular weight excluding hydrogens is 367 g/mol. The number of anilines is 1. The molecular formula is C10H7Cl3N2O3S2. The molecule has 0 spiro atoms. The second-order valence-electron chi connectivity index (χ2n) is 3.78. The Morgan fingerprint density at radius 2 is 1.75 bits per heavy atom. The van der Waals surface area contributed by atoms with Crippen LogP contribution in [0.15, 0.2) is 21.1 Å². The third kappa shape index (κ3) is 3.12. The molecule has 0 atom stereocenters. The Balaban J connectivity index is 2.49. The molecule has 1 aromatic carbocycles. The molecule has 0 aliphatic carbocycles. The van der Waals surface area contributed by atoms with Gasteiger partial charge in [0.2, 0.25) is 0 Å². The second kappa shape index (κ2) is 5.57. The fraction of sp³-hybridized carbons (Fsp3) is 0.100. The summed E-state index contributed by atoms with van der Waals surface area (Å²) in [5.74, 6) is 0. The molecule has 0 aliphatic heterocycles. The van der Waals surface area contributed by atoms with Crippen molar-refractivity contribution < 1.29 is 8.42 Å². The average molecular weight is 374 g/mol. The van der Waals surface area contributed by atoms with Gasteiger partial charge in [0.25, 0.3) is 10.0 Å². The van der Waals surface area contributed by atoms with Crippen LogP contribution >= 0.6 is 46.1 Å². The quantitative estimate of drug-likeness (QED) is 0.864. The van der Waals surface area contributed by atoms with Gasteiger partial charge in [-0.15, -0.1) is 0 Å². The molecule has 0 fully saturated rings. The molecule has 2 rings (SSSR count). The number of aryl methyl sites for hydroxylation is 1. The Kier molecular flexibility index (Phi) is 4.36. The highest BCUT2D eigenvalue weighted by Gasteiger charge is 2.23. The Bertz CT molecular complexity index is 804. The molecule has 0 saturated carbocycles. The van der Waals surface area contributed by atoms with E-state index in [0.29, 0.717) is 11.3 Å². The van der Waals surface area contributed by atoms with Gasteiger partial charge in [0, 0.05) is 10.7 Å². The lowest BCUT2D eigenvalue weighted by Gasteiger charge is -2.10. The summed E-state index contributed by atoms with van der Waals surface area (Å²) < 4.78 is 26.6. The average Bonchev–Trinajstić information content (AvgIpc) is 2.64. The molecule has 1 aromatic heterocycles. The van der Waals surface area contributed by atoms with Crippen molar-refractivity contribution in [3.8, 4) is 0 Å². The van der Waals surface area contributed by atoms with Gasteiger partial charge in [-0.3, -0.25) is 9.52 Å². The van der Waals surface area contributed by atoms with E-state index in [1.807, 2.05) is 0 Å². The standard InChI is InChI=1S/C10H7Cl3N2O3S2/c1-4-9(19-10(16)14-4)20(17,18)15-8-6(12)2-5(11)3-7(8)13/h2-3,15H,1H3,(H,14,16). The van der Waals surface area contributed by atoms with E-state index in [2.05, 4.69) is 9.71 Å². The summed E-state index contributed by atoms with van der Waals surface area (Å²) in [6.45, 7) is 1.48. The maximum atomic E-state index is 12.2. The van der Waals surface area contributed by atoms with Crippen molar-refractivity contribution in [3.63, 3.8) is 0 Å². The Morgan fingerprint density at radius 1 is 1.20 bits per heavy atom. The molecule has 0 saturated heterocycles. The lowest BCUT2D eigenvalue weighted by molar-refractivity contribution is 0.602. The van der Waals surface area contributed by atoms with Gasteiger partial charge in [0.15, 0.2) is 4.21 Å². The van der Waals surface area contributed by atoms with Gasteiger partial charge in [-0.1, -0.05) is 46.1 Å². The molecule has 0 aliphatic rings. The SMILES string of the molecule is Cc1[nH]c(=O)sc1S(=O)(=O)Nc1c(Cl)cc(Cl)cc1Cl. The lowest BCUT2D eigenvalue weighted by atomic mass is 10.3. The van der Waals surface area contributed by atoms with Gasteiger partial charge in [0.05, 0.1) is 15.7 Å². The third-order valence-corrected chi connectivity index (χ3v) is 6.04. The van der Waals surface area contributed by atoms with Gasteiger partial charge in [0.1, 0.15) is 0 Å². The van der Waals surface area contributed by atoms with E-state index in [0.717, 1.165) is 0 Å². The first-order valence-electron chi connectivity index (χ1n) is 5.08. The van der Waals surface area contributed by atoms with Gasteiger partial charge in [-0.25, -0.2) is 8.42 Å². The first-order chi connectivity index (χ1) is 9.20. The van der Waals surface area contributed by atoms with Gasteiger partial charge < -0.3 is 4.98 Å². The molecule has 1 heterocycles. The Hall–Kier alpha value is -0.730. The van der Waals surface area contributed by atoms with Crippen LogP contribution in [-0.2, 0) is 10.0 Å². The monoisotopic (exact) mass is 372 g/mol. The summed E-state index contributed by atoms with van der Waals surface area (Å²) in [5, 5.41) is 0.406. The molecule has 2 N–H and O–H groups in total. The number of hydrogen-bond donors (Lipinski definition) is 2. The van der Waals surface area contributed by atoms with Gasteiger partial charge in [-0.2, -0.15) is 0 Å². The Labute approximate surface area is 133 Å². The van der Waals surface area contributed by atoms with Crippen LogP contribution in [0.25, 0.3) is 0 Å². The highest BCUT2D eigenvalue weighted by Crippen LogP contribution is 2.35. The predicted octanol–water partition coefficient (Wildman–Crippen LogP) is 3.51. The van der Waals surface area contributed by atoms with Crippen LogP contribution in [0.1, 0.15) is 5.69 Å². The zero-order valence-corrected chi connectivity index (χ0v) is 13.7. The number of sulfonamides is 1. The molecule has 108 valence electrons. The lowest BCUT2D eigenvalue weighted by Crippen LogP contribution is -2.13. The van der Waals surface area contributed by atoms with E-state index < -0.39 is 14.9 Å². The van der Waals surface area contributed by atoms with Crippen molar-refractivity contribution >= 4 is 61.9 Å².